The fraction of sp³-hybridized carbons (Fsp3) is 0.375. The number of sulfonamides is 1. The molecule has 3 rings (SSSR count). The Labute approximate surface area is 156 Å². The van der Waals surface area contributed by atoms with E-state index in [-0.39, 0.29) is 11.6 Å². The van der Waals surface area contributed by atoms with Gasteiger partial charge in [0.15, 0.2) is 12.1 Å². The number of anilines is 2. The van der Waals surface area contributed by atoms with Crippen LogP contribution in [-0.4, -0.2) is 49.5 Å². The van der Waals surface area contributed by atoms with E-state index in [1.807, 2.05) is 9.62 Å². The SMILES string of the molecule is CS(=O)(=O)NC(=O)C1CCN(c2ccc(NC(=O)c3cocn3)cn2)CC1. The van der Waals surface area contributed by atoms with Crippen LogP contribution in [0.2, 0.25) is 0 Å². The van der Waals surface area contributed by atoms with Crippen LogP contribution < -0.4 is 14.9 Å². The second kappa shape index (κ2) is 7.74. The van der Waals surface area contributed by atoms with Crippen LogP contribution in [-0.2, 0) is 14.8 Å². The van der Waals surface area contributed by atoms with E-state index in [0.29, 0.717) is 31.6 Å². The number of nitrogens with zero attached hydrogens (tertiary/aromatic N) is 3. The highest BCUT2D eigenvalue weighted by atomic mass is 32.2. The first kappa shape index (κ1) is 18.8. The molecule has 1 fully saturated rings. The Morgan fingerprint density at radius 2 is 1.96 bits per heavy atom. The van der Waals surface area contributed by atoms with Gasteiger partial charge in [-0.1, -0.05) is 0 Å². The third-order valence-corrected chi connectivity index (χ3v) is 4.72. The highest BCUT2D eigenvalue weighted by Gasteiger charge is 2.27. The molecule has 1 aliphatic rings. The van der Waals surface area contributed by atoms with Gasteiger partial charge < -0.3 is 14.6 Å². The van der Waals surface area contributed by atoms with Crippen LogP contribution in [0.1, 0.15) is 23.3 Å². The van der Waals surface area contributed by atoms with Gasteiger partial charge in [0.1, 0.15) is 12.1 Å². The van der Waals surface area contributed by atoms with Crippen molar-refractivity contribution in [1.29, 1.82) is 0 Å². The molecular formula is C16H19N5O5S. The number of nitrogens with one attached hydrogen (secondary N) is 2. The van der Waals surface area contributed by atoms with Gasteiger partial charge in [0.05, 0.1) is 18.1 Å². The Kier molecular flexibility index (Phi) is 5.40. The van der Waals surface area contributed by atoms with Gasteiger partial charge in [-0.3, -0.25) is 14.3 Å². The van der Waals surface area contributed by atoms with Gasteiger partial charge in [0.2, 0.25) is 15.9 Å². The van der Waals surface area contributed by atoms with Crippen LogP contribution in [0.5, 0.6) is 0 Å². The second-order valence-corrected chi connectivity index (χ2v) is 7.98. The standard InChI is InChI=1S/C16H19N5O5S/c1-27(24,25)20-15(22)11-4-6-21(7-5-11)14-3-2-12(8-17-14)19-16(23)13-9-26-10-18-13/h2-3,8-11H,4-7H2,1H3,(H,19,23)(H,20,22). The minimum absolute atomic E-state index is 0.175. The molecule has 0 unspecified atom stereocenters. The van der Waals surface area contributed by atoms with E-state index >= 15 is 0 Å². The Bertz CT molecular complexity index is 903. The molecule has 0 atom stereocenters. The van der Waals surface area contributed by atoms with E-state index in [1.54, 1.807) is 12.1 Å². The van der Waals surface area contributed by atoms with Crippen molar-refractivity contribution in [1.82, 2.24) is 14.7 Å². The third-order valence-electron chi connectivity index (χ3n) is 4.15. The van der Waals surface area contributed by atoms with Crippen molar-refractivity contribution in [2.75, 3.05) is 29.6 Å². The molecule has 1 saturated heterocycles. The minimum atomic E-state index is -3.54. The topological polar surface area (TPSA) is 134 Å². The van der Waals surface area contributed by atoms with Crippen LogP contribution >= 0.6 is 0 Å². The maximum atomic E-state index is 11.9. The molecule has 0 saturated carbocycles. The van der Waals surface area contributed by atoms with Gasteiger partial charge >= 0.3 is 0 Å². The van der Waals surface area contributed by atoms with E-state index in [9.17, 15) is 18.0 Å². The maximum Gasteiger partial charge on any atom is 0.277 e. The molecule has 0 aromatic carbocycles. The summed E-state index contributed by atoms with van der Waals surface area (Å²) in [6.07, 6.45) is 6.00. The third kappa shape index (κ3) is 5.03. The smallest absolute Gasteiger partial charge is 0.277 e. The normalized spacial score (nSPS) is 15.4. The molecule has 0 radical (unpaired) electrons. The molecule has 0 bridgehead atoms. The quantitative estimate of drug-likeness (QED) is 0.755. The van der Waals surface area contributed by atoms with Crippen molar-refractivity contribution < 1.29 is 22.4 Å². The second-order valence-electron chi connectivity index (χ2n) is 6.23. The monoisotopic (exact) mass is 393 g/mol. The number of pyridine rings is 1. The number of oxazole rings is 1. The number of carbonyl (C=O) groups is 2. The van der Waals surface area contributed by atoms with E-state index in [2.05, 4.69) is 15.3 Å². The summed E-state index contributed by atoms with van der Waals surface area (Å²) < 4.78 is 29.1. The minimum Gasteiger partial charge on any atom is -0.451 e. The summed E-state index contributed by atoms with van der Waals surface area (Å²) in [6.45, 7) is 1.17. The fourth-order valence-corrected chi connectivity index (χ4v) is 3.34. The molecule has 2 N–H and O–H groups in total. The summed E-state index contributed by atoms with van der Waals surface area (Å²) in [6, 6.07) is 3.50. The summed E-state index contributed by atoms with van der Waals surface area (Å²) in [7, 11) is -3.54. The van der Waals surface area contributed by atoms with Crippen molar-refractivity contribution in [2.45, 2.75) is 12.8 Å². The highest BCUT2D eigenvalue weighted by Crippen LogP contribution is 2.23. The molecular weight excluding hydrogens is 374 g/mol. The van der Waals surface area contributed by atoms with Gasteiger partial charge in [-0.2, -0.15) is 0 Å². The lowest BCUT2D eigenvalue weighted by atomic mass is 9.96. The first-order valence-corrected chi connectivity index (χ1v) is 10.1. The average molecular weight is 393 g/mol. The molecule has 11 heteroatoms. The molecule has 10 nitrogen and oxygen atoms in total. The average Bonchev–Trinajstić information content (AvgIpc) is 3.16. The van der Waals surface area contributed by atoms with Crippen molar-refractivity contribution in [3.63, 3.8) is 0 Å². The molecule has 0 aliphatic carbocycles. The Morgan fingerprint density at radius 1 is 1.22 bits per heavy atom. The Morgan fingerprint density at radius 3 is 2.52 bits per heavy atom. The lowest BCUT2D eigenvalue weighted by Gasteiger charge is -2.32. The predicted molar refractivity (Wildman–Crippen MR) is 96.6 cm³/mol. The summed E-state index contributed by atoms with van der Waals surface area (Å²) in [5.74, 6) is -0.472. The van der Waals surface area contributed by atoms with Crippen molar-refractivity contribution in [2.24, 2.45) is 5.92 Å². The van der Waals surface area contributed by atoms with E-state index < -0.39 is 21.8 Å². The number of hydrogen-bond acceptors (Lipinski definition) is 8. The molecule has 27 heavy (non-hydrogen) atoms. The van der Waals surface area contributed by atoms with Crippen LogP contribution in [0, 0.1) is 5.92 Å². The van der Waals surface area contributed by atoms with Crippen LogP contribution in [0.15, 0.2) is 35.4 Å². The fourth-order valence-electron chi connectivity index (χ4n) is 2.80. The van der Waals surface area contributed by atoms with E-state index in [1.165, 1.54) is 18.9 Å². The molecule has 1 aliphatic heterocycles. The number of rotatable bonds is 5. The molecule has 144 valence electrons. The van der Waals surface area contributed by atoms with Crippen LogP contribution in [0.25, 0.3) is 0 Å². The number of amides is 2. The summed E-state index contributed by atoms with van der Waals surface area (Å²) in [4.78, 5) is 33.9. The Balaban J connectivity index is 1.54. The van der Waals surface area contributed by atoms with Gasteiger partial charge in [0, 0.05) is 19.0 Å². The highest BCUT2D eigenvalue weighted by molar-refractivity contribution is 7.89. The summed E-state index contributed by atoms with van der Waals surface area (Å²) in [5.41, 5.74) is 0.697. The predicted octanol–water partition coefficient (Wildman–Crippen LogP) is 0.614. The summed E-state index contributed by atoms with van der Waals surface area (Å²) in [5, 5.41) is 2.67. The van der Waals surface area contributed by atoms with E-state index in [0.717, 1.165) is 12.1 Å². The van der Waals surface area contributed by atoms with Gasteiger partial charge in [0.25, 0.3) is 5.91 Å². The first-order chi connectivity index (χ1) is 12.8. The zero-order valence-electron chi connectivity index (χ0n) is 14.6. The van der Waals surface area contributed by atoms with Crippen molar-refractivity contribution >= 4 is 33.3 Å². The van der Waals surface area contributed by atoms with Crippen LogP contribution in [0.4, 0.5) is 11.5 Å². The number of aromatic nitrogens is 2. The van der Waals surface area contributed by atoms with Crippen molar-refractivity contribution in [3.05, 3.63) is 36.7 Å². The number of carbonyl (C=O) groups excluding carboxylic acids is 2. The lowest BCUT2D eigenvalue weighted by molar-refractivity contribution is -0.123. The van der Waals surface area contributed by atoms with Gasteiger partial charge in [-0.15, -0.1) is 0 Å². The van der Waals surface area contributed by atoms with Crippen LogP contribution in [0.3, 0.4) is 0 Å². The maximum absolute atomic E-state index is 11.9. The molecule has 2 aromatic heterocycles. The molecule has 0 spiro atoms. The van der Waals surface area contributed by atoms with Crippen molar-refractivity contribution in [3.8, 4) is 0 Å². The molecule has 3 heterocycles. The lowest BCUT2D eigenvalue weighted by Crippen LogP contribution is -2.42. The van der Waals surface area contributed by atoms with E-state index in [4.69, 9.17) is 4.42 Å². The summed E-state index contributed by atoms with van der Waals surface area (Å²) >= 11 is 0. The molecule has 2 amide bonds. The first-order valence-electron chi connectivity index (χ1n) is 8.24. The Hall–Kier alpha value is -2.95. The van der Waals surface area contributed by atoms with Gasteiger partial charge in [-0.25, -0.2) is 18.4 Å². The van der Waals surface area contributed by atoms with Gasteiger partial charge in [-0.05, 0) is 25.0 Å². The zero-order chi connectivity index (χ0) is 19.4. The number of piperidine rings is 1. The largest absolute Gasteiger partial charge is 0.451 e. The zero-order valence-corrected chi connectivity index (χ0v) is 15.4. The number of hydrogen-bond donors (Lipinski definition) is 2. The molecule has 2 aromatic rings.